The van der Waals surface area contributed by atoms with Gasteiger partial charge < -0.3 is 4.74 Å². The zero-order chi connectivity index (χ0) is 8.43. The summed E-state index contributed by atoms with van der Waals surface area (Å²) < 4.78 is 30.0. The van der Waals surface area contributed by atoms with Crippen molar-refractivity contribution >= 4 is 15.9 Å². The van der Waals surface area contributed by atoms with E-state index in [9.17, 15) is 8.78 Å². The molecule has 0 atom stereocenters. The topological polar surface area (TPSA) is 9.23 Å². The van der Waals surface area contributed by atoms with Crippen molar-refractivity contribution in [2.45, 2.75) is 0 Å². The van der Waals surface area contributed by atoms with Crippen molar-refractivity contribution in [2.24, 2.45) is 0 Å². The van der Waals surface area contributed by atoms with E-state index in [1.807, 2.05) is 0 Å². The fraction of sp³-hybridized carbons (Fsp3) is 0.143. The summed E-state index contributed by atoms with van der Waals surface area (Å²) in [5.41, 5.74) is 0. The normalized spacial score (nSPS) is 9.82. The van der Waals surface area contributed by atoms with E-state index in [0.29, 0.717) is 0 Å². The van der Waals surface area contributed by atoms with Gasteiger partial charge in [-0.2, -0.15) is 4.39 Å². The van der Waals surface area contributed by atoms with Gasteiger partial charge in [0.1, 0.15) is 0 Å². The van der Waals surface area contributed by atoms with Gasteiger partial charge in [-0.05, 0) is 28.1 Å². The highest BCUT2D eigenvalue weighted by Crippen LogP contribution is 2.25. The van der Waals surface area contributed by atoms with E-state index in [4.69, 9.17) is 0 Å². The minimum absolute atomic E-state index is 0.0919. The molecule has 0 radical (unpaired) electrons. The summed E-state index contributed by atoms with van der Waals surface area (Å²) in [5.74, 6) is -1.99. The standard InChI is InChI=1S/C7H5BrF2O/c1-11-5-3-2-4(8)6(9)7(5)10/h2-3H,1H3. The molecule has 1 rings (SSSR count). The Kier molecular flexibility index (Phi) is 2.44. The van der Waals surface area contributed by atoms with Crippen LogP contribution in [0, 0.1) is 11.6 Å². The average molecular weight is 223 g/mol. The van der Waals surface area contributed by atoms with Crippen LogP contribution in [0.4, 0.5) is 8.78 Å². The molecular formula is C7H5BrF2O. The molecule has 1 aromatic carbocycles. The van der Waals surface area contributed by atoms with Crippen LogP contribution >= 0.6 is 15.9 Å². The first-order valence-corrected chi connectivity index (χ1v) is 3.63. The number of halogens is 3. The maximum atomic E-state index is 12.7. The molecule has 0 spiro atoms. The molecule has 0 N–H and O–H groups in total. The van der Waals surface area contributed by atoms with E-state index < -0.39 is 11.6 Å². The van der Waals surface area contributed by atoms with Crippen LogP contribution in [0.2, 0.25) is 0 Å². The fourth-order valence-corrected chi connectivity index (χ4v) is 0.972. The lowest BCUT2D eigenvalue weighted by Gasteiger charge is -2.02. The molecular weight excluding hydrogens is 218 g/mol. The van der Waals surface area contributed by atoms with Crippen molar-refractivity contribution in [1.82, 2.24) is 0 Å². The van der Waals surface area contributed by atoms with E-state index in [2.05, 4.69) is 20.7 Å². The third kappa shape index (κ3) is 1.50. The molecule has 0 aliphatic heterocycles. The van der Waals surface area contributed by atoms with Crippen LogP contribution in [-0.4, -0.2) is 7.11 Å². The third-order valence-corrected chi connectivity index (χ3v) is 1.83. The Morgan fingerprint density at radius 3 is 2.45 bits per heavy atom. The van der Waals surface area contributed by atoms with Crippen molar-refractivity contribution < 1.29 is 13.5 Å². The molecule has 1 nitrogen and oxygen atoms in total. The quantitative estimate of drug-likeness (QED) is 0.665. The van der Waals surface area contributed by atoms with Crippen molar-refractivity contribution in [3.8, 4) is 5.75 Å². The summed E-state index contributed by atoms with van der Waals surface area (Å²) in [4.78, 5) is 0. The van der Waals surface area contributed by atoms with E-state index >= 15 is 0 Å². The van der Waals surface area contributed by atoms with Gasteiger partial charge in [-0.3, -0.25) is 0 Å². The predicted molar refractivity (Wildman–Crippen MR) is 40.6 cm³/mol. The minimum atomic E-state index is -0.970. The summed E-state index contributed by atoms with van der Waals surface area (Å²) in [6.07, 6.45) is 0. The third-order valence-electron chi connectivity index (χ3n) is 1.22. The molecule has 0 unspecified atom stereocenters. The summed E-state index contributed by atoms with van der Waals surface area (Å²) >= 11 is 2.84. The number of hydrogen-bond donors (Lipinski definition) is 0. The van der Waals surface area contributed by atoms with Gasteiger partial charge in [0.15, 0.2) is 11.6 Å². The van der Waals surface area contributed by atoms with Crippen molar-refractivity contribution in [1.29, 1.82) is 0 Å². The molecule has 0 fully saturated rings. The van der Waals surface area contributed by atoms with Crippen LogP contribution in [-0.2, 0) is 0 Å². The molecule has 0 amide bonds. The van der Waals surface area contributed by atoms with Gasteiger partial charge in [0.25, 0.3) is 0 Å². The first-order chi connectivity index (χ1) is 5.16. The number of rotatable bonds is 1. The van der Waals surface area contributed by atoms with Crippen molar-refractivity contribution in [3.63, 3.8) is 0 Å². The Bertz CT molecular complexity index is 275. The van der Waals surface area contributed by atoms with E-state index in [1.165, 1.54) is 19.2 Å². The second-order valence-corrected chi connectivity index (χ2v) is 2.73. The first kappa shape index (κ1) is 8.46. The molecule has 0 heterocycles. The molecule has 0 aliphatic rings. The van der Waals surface area contributed by atoms with Gasteiger partial charge in [0, 0.05) is 0 Å². The van der Waals surface area contributed by atoms with E-state index in [0.717, 1.165) is 0 Å². The molecule has 0 aliphatic carbocycles. The number of ether oxygens (including phenoxy) is 1. The van der Waals surface area contributed by atoms with E-state index in [1.54, 1.807) is 0 Å². The lowest BCUT2D eigenvalue weighted by Crippen LogP contribution is -1.92. The Morgan fingerprint density at radius 2 is 1.91 bits per heavy atom. The molecule has 11 heavy (non-hydrogen) atoms. The lowest BCUT2D eigenvalue weighted by molar-refractivity contribution is 0.371. The fourth-order valence-electron chi connectivity index (χ4n) is 0.666. The SMILES string of the molecule is COc1ccc(Br)c(F)c1F. The Hall–Kier alpha value is -0.640. The van der Waals surface area contributed by atoms with E-state index in [-0.39, 0.29) is 10.2 Å². The Balaban J connectivity index is 3.25. The molecule has 1 aromatic rings. The summed E-state index contributed by atoms with van der Waals surface area (Å²) in [6, 6.07) is 2.74. The zero-order valence-corrected chi connectivity index (χ0v) is 7.28. The van der Waals surface area contributed by atoms with Crippen LogP contribution in [0.15, 0.2) is 16.6 Å². The molecule has 0 bridgehead atoms. The molecule has 0 aromatic heterocycles. The Labute approximate surface area is 71.1 Å². The number of methoxy groups -OCH3 is 1. The smallest absolute Gasteiger partial charge is 0.201 e. The highest BCUT2D eigenvalue weighted by atomic mass is 79.9. The van der Waals surface area contributed by atoms with Crippen LogP contribution < -0.4 is 4.74 Å². The van der Waals surface area contributed by atoms with Gasteiger partial charge in [0.05, 0.1) is 11.6 Å². The summed E-state index contributed by atoms with van der Waals surface area (Å²) in [5, 5.41) is 0. The minimum Gasteiger partial charge on any atom is -0.494 e. The lowest BCUT2D eigenvalue weighted by atomic mass is 10.3. The largest absolute Gasteiger partial charge is 0.494 e. The molecule has 0 saturated carbocycles. The van der Waals surface area contributed by atoms with Gasteiger partial charge in [-0.25, -0.2) is 4.39 Å². The average Bonchev–Trinajstić information content (AvgIpc) is 2.01. The monoisotopic (exact) mass is 222 g/mol. The Morgan fingerprint density at radius 1 is 1.27 bits per heavy atom. The van der Waals surface area contributed by atoms with Crippen LogP contribution in [0.25, 0.3) is 0 Å². The van der Waals surface area contributed by atoms with Crippen LogP contribution in [0.5, 0.6) is 5.75 Å². The molecule has 0 saturated heterocycles. The maximum absolute atomic E-state index is 12.7. The zero-order valence-electron chi connectivity index (χ0n) is 5.70. The summed E-state index contributed by atoms with van der Waals surface area (Å²) in [6.45, 7) is 0. The molecule has 4 heteroatoms. The van der Waals surface area contributed by atoms with Gasteiger partial charge in [-0.15, -0.1) is 0 Å². The highest BCUT2D eigenvalue weighted by molar-refractivity contribution is 9.10. The predicted octanol–water partition coefficient (Wildman–Crippen LogP) is 2.74. The molecule has 60 valence electrons. The number of hydrogen-bond acceptors (Lipinski definition) is 1. The van der Waals surface area contributed by atoms with Crippen LogP contribution in [0.3, 0.4) is 0 Å². The maximum Gasteiger partial charge on any atom is 0.201 e. The van der Waals surface area contributed by atoms with Gasteiger partial charge in [0.2, 0.25) is 5.82 Å². The van der Waals surface area contributed by atoms with Crippen LogP contribution in [0.1, 0.15) is 0 Å². The van der Waals surface area contributed by atoms with Gasteiger partial charge >= 0.3 is 0 Å². The first-order valence-electron chi connectivity index (χ1n) is 2.84. The highest BCUT2D eigenvalue weighted by Gasteiger charge is 2.11. The second-order valence-electron chi connectivity index (χ2n) is 1.88. The van der Waals surface area contributed by atoms with Gasteiger partial charge in [-0.1, -0.05) is 0 Å². The summed E-state index contributed by atoms with van der Waals surface area (Å²) in [7, 11) is 1.28. The van der Waals surface area contributed by atoms with Crippen molar-refractivity contribution in [3.05, 3.63) is 28.2 Å². The van der Waals surface area contributed by atoms with Crippen molar-refractivity contribution in [2.75, 3.05) is 7.11 Å². The number of benzene rings is 1. The second kappa shape index (κ2) is 3.17.